The molecule has 1 amide bonds. The maximum absolute atomic E-state index is 13.6. The predicted molar refractivity (Wildman–Crippen MR) is 90.8 cm³/mol. The van der Waals surface area contributed by atoms with Gasteiger partial charge in [-0.2, -0.15) is 10.4 Å². The summed E-state index contributed by atoms with van der Waals surface area (Å²) in [6.07, 6.45) is 7.96. The van der Waals surface area contributed by atoms with E-state index >= 15 is 0 Å². The summed E-state index contributed by atoms with van der Waals surface area (Å²) in [5, 5.41) is 15.5. The number of nitrogens with zero attached hydrogens (tertiary/aromatic N) is 3. The van der Waals surface area contributed by atoms with Crippen molar-refractivity contribution >= 4 is 29.3 Å². The molecule has 24 heavy (non-hydrogen) atoms. The fourth-order valence-corrected chi connectivity index (χ4v) is 2.27. The van der Waals surface area contributed by atoms with Crippen LogP contribution >= 0.6 is 11.6 Å². The van der Waals surface area contributed by atoms with Crippen LogP contribution in [0.3, 0.4) is 0 Å². The van der Waals surface area contributed by atoms with Crippen LogP contribution in [0.4, 0.5) is 10.1 Å². The second-order valence-electron chi connectivity index (χ2n) is 5.07. The molecule has 0 aliphatic carbocycles. The van der Waals surface area contributed by atoms with Gasteiger partial charge in [0.1, 0.15) is 5.82 Å². The summed E-state index contributed by atoms with van der Waals surface area (Å²) < 4.78 is 15.3. The smallest absolute Gasteiger partial charge is 0.248 e. The highest BCUT2D eigenvalue weighted by Crippen LogP contribution is 2.20. The van der Waals surface area contributed by atoms with Crippen LogP contribution in [0.2, 0.25) is 5.02 Å². The van der Waals surface area contributed by atoms with Crippen molar-refractivity contribution in [1.82, 2.24) is 9.78 Å². The molecule has 0 saturated carbocycles. The average Bonchev–Trinajstić information content (AvgIpc) is 2.98. The molecule has 0 unspecified atom stereocenters. The minimum atomic E-state index is -0.489. The van der Waals surface area contributed by atoms with Crippen LogP contribution in [0, 0.1) is 17.1 Å². The molecule has 1 aromatic heterocycles. The van der Waals surface area contributed by atoms with Crippen LogP contribution in [0.15, 0.2) is 36.7 Å². The van der Waals surface area contributed by atoms with Gasteiger partial charge in [-0.3, -0.25) is 9.48 Å². The number of benzene rings is 1. The molecule has 1 aromatic carbocycles. The minimum absolute atomic E-state index is 0.169. The van der Waals surface area contributed by atoms with E-state index in [0.717, 1.165) is 12.8 Å². The highest BCUT2D eigenvalue weighted by Gasteiger charge is 2.05. The molecule has 5 nitrogen and oxygen atoms in total. The molecule has 0 bridgehead atoms. The summed E-state index contributed by atoms with van der Waals surface area (Å²) >= 11 is 5.89. The van der Waals surface area contributed by atoms with Crippen molar-refractivity contribution in [3.63, 3.8) is 0 Å². The topological polar surface area (TPSA) is 70.7 Å². The first kappa shape index (κ1) is 17.7. The Balaban J connectivity index is 1.90. The number of nitrogens with one attached hydrogen (secondary N) is 1. The predicted octanol–water partition coefficient (Wildman–Crippen LogP) is 4.02. The first-order chi connectivity index (χ1) is 11.6. The highest BCUT2D eigenvalue weighted by molar-refractivity contribution is 6.32. The van der Waals surface area contributed by atoms with Gasteiger partial charge in [0.15, 0.2) is 0 Å². The number of hydrogen-bond donors (Lipinski definition) is 1. The third-order valence-corrected chi connectivity index (χ3v) is 3.56. The first-order valence-electron chi connectivity index (χ1n) is 7.42. The Morgan fingerprint density at radius 2 is 2.29 bits per heavy atom. The van der Waals surface area contributed by atoms with E-state index in [1.54, 1.807) is 16.9 Å². The van der Waals surface area contributed by atoms with E-state index in [0.29, 0.717) is 18.7 Å². The SMILES string of the molecule is N#CCCCCn1cc(NC(=O)/C=C/c2c(F)cccc2Cl)cn1. The van der Waals surface area contributed by atoms with Crippen LogP contribution in [0.1, 0.15) is 24.8 Å². The Hall–Kier alpha value is -2.65. The van der Waals surface area contributed by atoms with E-state index < -0.39 is 11.7 Å². The van der Waals surface area contributed by atoms with Crippen molar-refractivity contribution < 1.29 is 9.18 Å². The first-order valence-corrected chi connectivity index (χ1v) is 7.80. The van der Waals surface area contributed by atoms with Gasteiger partial charge < -0.3 is 5.32 Å². The molecule has 0 saturated heterocycles. The number of aryl methyl sites for hydroxylation is 1. The zero-order valence-corrected chi connectivity index (χ0v) is 13.6. The van der Waals surface area contributed by atoms with Crippen molar-refractivity contribution in [2.24, 2.45) is 0 Å². The number of carbonyl (C=O) groups excluding carboxylic acids is 1. The van der Waals surface area contributed by atoms with Crippen LogP contribution in [0.25, 0.3) is 6.08 Å². The van der Waals surface area contributed by atoms with E-state index in [2.05, 4.69) is 16.5 Å². The molecule has 0 spiro atoms. The van der Waals surface area contributed by atoms with Crippen molar-refractivity contribution in [2.75, 3.05) is 5.32 Å². The third kappa shape index (κ3) is 5.21. The van der Waals surface area contributed by atoms with Crippen LogP contribution in [0.5, 0.6) is 0 Å². The lowest BCUT2D eigenvalue weighted by atomic mass is 10.2. The molecule has 2 rings (SSSR count). The standard InChI is InChI=1S/C17H16ClFN4O/c18-15-5-4-6-16(19)14(15)7-8-17(24)22-13-11-21-23(12-13)10-3-1-2-9-20/h4-8,11-12H,1-3,10H2,(H,22,24)/b8-7+. The Bertz CT molecular complexity index is 759. The molecule has 0 aliphatic rings. The Kier molecular flexibility index (Phi) is 6.52. The van der Waals surface area contributed by atoms with Crippen LogP contribution in [-0.2, 0) is 11.3 Å². The fraction of sp³-hybridized carbons (Fsp3) is 0.235. The van der Waals surface area contributed by atoms with Crippen LogP contribution < -0.4 is 5.32 Å². The van der Waals surface area contributed by atoms with Gasteiger partial charge in [-0.15, -0.1) is 0 Å². The van der Waals surface area contributed by atoms with Crippen molar-refractivity contribution in [1.29, 1.82) is 5.26 Å². The zero-order chi connectivity index (χ0) is 17.4. The van der Waals surface area contributed by atoms with E-state index in [4.69, 9.17) is 16.9 Å². The number of nitriles is 1. The number of aromatic nitrogens is 2. The van der Waals surface area contributed by atoms with Crippen molar-refractivity contribution in [3.8, 4) is 6.07 Å². The van der Waals surface area contributed by atoms with Gasteiger partial charge >= 0.3 is 0 Å². The zero-order valence-electron chi connectivity index (χ0n) is 12.9. The average molecular weight is 347 g/mol. The molecule has 0 fully saturated rings. The summed E-state index contributed by atoms with van der Waals surface area (Å²) in [4.78, 5) is 11.9. The largest absolute Gasteiger partial charge is 0.320 e. The van der Waals surface area contributed by atoms with Gasteiger partial charge in [0.2, 0.25) is 5.91 Å². The number of unbranched alkanes of at least 4 members (excludes halogenated alkanes) is 2. The summed E-state index contributed by atoms with van der Waals surface area (Å²) in [6.45, 7) is 0.679. The molecule has 124 valence electrons. The number of rotatable bonds is 7. The number of amides is 1. The Labute approximate surface area is 144 Å². The third-order valence-electron chi connectivity index (χ3n) is 3.23. The Morgan fingerprint density at radius 1 is 1.46 bits per heavy atom. The number of halogens is 2. The lowest BCUT2D eigenvalue weighted by Gasteiger charge is -2.01. The van der Waals surface area contributed by atoms with Gasteiger partial charge in [-0.1, -0.05) is 17.7 Å². The lowest BCUT2D eigenvalue weighted by molar-refractivity contribution is -0.111. The minimum Gasteiger partial charge on any atom is -0.320 e. The van der Waals surface area contributed by atoms with E-state index in [-0.39, 0.29) is 10.6 Å². The van der Waals surface area contributed by atoms with Crippen molar-refractivity contribution in [2.45, 2.75) is 25.8 Å². The van der Waals surface area contributed by atoms with Crippen LogP contribution in [-0.4, -0.2) is 15.7 Å². The molecular weight excluding hydrogens is 331 g/mol. The summed E-state index contributed by atoms with van der Waals surface area (Å²) in [7, 11) is 0. The molecule has 0 atom stereocenters. The number of carbonyl (C=O) groups is 1. The maximum atomic E-state index is 13.6. The molecule has 7 heteroatoms. The molecule has 2 aromatic rings. The maximum Gasteiger partial charge on any atom is 0.248 e. The molecule has 1 N–H and O–H groups in total. The number of anilines is 1. The Morgan fingerprint density at radius 3 is 3.04 bits per heavy atom. The monoisotopic (exact) mass is 346 g/mol. The van der Waals surface area contributed by atoms with E-state index in [1.807, 2.05) is 0 Å². The van der Waals surface area contributed by atoms with E-state index in [1.165, 1.54) is 30.5 Å². The van der Waals surface area contributed by atoms with Crippen molar-refractivity contribution in [3.05, 3.63) is 53.1 Å². The summed E-state index contributed by atoms with van der Waals surface area (Å²) in [5.74, 6) is -0.893. The molecular formula is C17H16ClFN4O. The number of hydrogen-bond acceptors (Lipinski definition) is 3. The summed E-state index contributed by atoms with van der Waals surface area (Å²) in [6, 6.07) is 6.42. The highest BCUT2D eigenvalue weighted by atomic mass is 35.5. The lowest BCUT2D eigenvalue weighted by Crippen LogP contribution is -2.07. The molecule has 1 heterocycles. The van der Waals surface area contributed by atoms with Gasteiger partial charge in [0, 0.05) is 30.8 Å². The molecule has 0 aliphatic heterocycles. The van der Waals surface area contributed by atoms with Gasteiger partial charge in [0.25, 0.3) is 0 Å². The fourth-order valence-electron chi connectivity index (χ4n) is 2.04. The van der Waals surface area contributed by atoms with Gasteiger partial charge in [0.05, 0.1) is 23.0 Å². The summed E-state index contributed by atoms with van der Waals surface area (Å²) in [5.41, 5.74) is 0.715. The van der Waals surface area contributed by atoms with E-state index in [9.17, 15) is 9.18 Å². The second kappa shape index (κ2) is 8.85. The van der Waals surface area contributed by atoms with Gasteiger partial charge in [-0.05, 0) is 31.1 Å². The van der Waals surface area contributed by atoms with Gasteiger partial charge in [-0.25, -0.2) is 4.39 Å². The quantitative estimate of drug-likeness (QED) is 0.608. The normalized spacial score (nSPS) is 10.7. The second-order valence-corrected chi connectivity index (χ2v) is 5.47. The molecule has 0 radical (unpaired) electrons.